The Morgan fingerprint density at radius 3 is 3.07 bits per heavy atom. The molecule has 0 unspecified atom stereocenters. The highest BCUT2D eigenvalue weighted by molar-refractivity contribution is 7.71. The van der Waals surface area contributed by atoms with Crippen LogP contribution in [0.4, 0.5) is 0 Å². The van der Waals surface area contributed by atoms with E-state index in [2.05, 4.69) is 40.7 Å². The van der Waals surface area contributed by atoms with Crippen LogP contribution in [-0.2, 0) is 6.54 Å². The lowest BCUT2D eigenvalue weighted by Gasteiger charge is -2.06. The lowest BCUT2D eigenvalue weighted by Crippen LogP contribution is -2.13. The summed E-state index contributed by atoms with van der Waals surface area (Å²) in [6.07, 6.45) is 1.62. The predicted molar refractivity (Wildman–Crippen MR) is 61.7 cm³/mol. The van der Waals surface area contributed by atoms with Gasteiger partial charge in [-0.2, -0.15) is 5.10 Å². The van der Waals surface area contributed by atoms with Crippen molar-refractivity contribution in [1.82, 2.24) is 14.9 Å². The standard InChI is InChI=1S/C10H12N4S/c1-8-3-2-4-9(5-8)6-12-14-7-11-13-10(14)15/h2-5,7,12H,6H2,1H3,(H,13,15). The van der Waals surface area contributed by atoms with Crippen molar-refractivity contribution in [1.29, 1.82) is 0 Å². The Kier molecular flexibility index (Phi) is 2.82. The van der Waals surface area contributed by atoms with E-state index in [9.17, 15) is 0 Å². The number of aromatic nitrogens is 3. The first-order valence-electron chi connectivity index (χ1n) is 4.67. The SMILES string of the molecule is Cc1cccc(CNn2cn[nH]c2=S)c1. The Labute approximate surface area is 92.9 Å². The first-order chi connectivity index (χ1) is 7.25. The molecule has 4 nitrogen and oxygen atoms in total. The quantitative estimate of drug-likeness (QED) is 0.778. The lowest BCUT2D eigenvalue weighted by atomic mass is 10.1. The Balaban J connectivity index is 2.05. The number of benzene rings is 1. The van der Waals surface area contributed by atoms with Crippen molar-refractivity contribution in [3.63, 3.8) is 0 Å². The molecule has 15 heavy (non-hydrogen) atoms. The summed E-state index contributed by atoms with van der Waals surface area (Å²) < 4.78 is 2.26. The number of H-pyrrole nitrogens is 1. The van der Waals surface area contributed by atoms with Crippen molar-refractivity contribution in [2.24, 2.45) is 0 Å². The van der Waals surface area contributed by atoms with Crippen molar-refractivity contribution in [3.05, 3.63) is 46.5 Å². The maximum absolute atomic E-state index is 5.01. The first kappa shape index (κ1) is 9.92. The number of nitrogens with one attached hydrogen (secondary N) is 2. The number of rotatable bonds is 3. The molecular formula is C10H12N4S. The second-order valence-corrected chi connectivity index (χ2v) is 3.74. The van der Waals surface area contributed by atoms with Crippen LogP contribution in [0.5, 0.6) is 0 Å². The second-order valence-electron chi connectivity index (χ2n) is 3.36. The largest absolute Gasteiger partial charge is 0.318 e. The molecule has 2 rings (SSSR count). The van der Waals surface area contributed by atoms with Crippen molar-refractivity contribution in [3.8, 4) is 0 Å². The van der Waals surface area contributed by atoms with Crippen LogP contribution in [0.15, 0.2) is 30.6 Å². The molecule has 0 atom stereocenters. The molecule has 0 saturated carbocycles. The number of aryl methyl sites for hydroxylation is 1. The van der Waals surface area contributed by atoms with Gasteiger partial charge in [-0.3, -0.25) is 5.10 Å². The summed E-state index contributed by atoms with van der Waals surface area (Å²) >= 11 is 5.01. The number of aromatic amines is 1. The van der Waals surface area contributed by atoms with Gasteiger partial charge in [0.15, 0.2) is 0 Å². The molecule has 0 aliphatic heterocycles. The van der Waals surface area contributed by atoms with Crippen molar-refractivity contribution < 1.29 is 0 Å². The Morgan fingerprint density at radius 1 is 1.53 bits per heavy atom. The summed E-state index contributed by atoms with van der Waals surface area (Å²) in [5, 5.41) is 6.50. The fourth-order valence-electron chi connectivity index (χ4n) is 1.36. The molecule has 0 spiro atoms. The minimum Gasteiger partial charge on any atom is -0.318 e. The second kappa shape index (κ2) is 4.27. The van der Waals surface area contributed by atoms with Crippen LogP contribution in [0.3, 0.4) is 0 Å². The summed E-state index contributed by atoms with van der Waals surface area (Å²) in [5.41, 5.74) is 5.63. The van der Waals surface area contributed by atoms with E-state index in [0.29, 0.717) is 4.77 Å². The molecule has 1 heterocycles. The highest BCUT2D eigenvalue weighted by Gasteiger charge is 1.94. The molecule has 5 heteroatoms. The van der Waals surface area contributed by atoms with Gasteiger partial charge in [-0.15, -0.1) is 0 Å². The maximum Gasteiger partial charge on any atom is 0.214 e. The van der Waals surface area contributed by atoms with E-state index in [1.54, 1.807) is 11.0 Å². The molecule has 0 bridgehead atoms. The van der Waals surface area contributed by atoms with Crippen LogP contribution in [-0.4, -0.2) is 14.9 Å². The van der Waals surface area contributed by atoms with E-state index in [4.69, 9.17) is 12.2 Å². The molecule has 2 aromatic rings. The van der Waals surface area contributed by atoms with Gasteiger partial charge in [0.25, 0.3) is 0 Å². The third-order valence-electron chi connectivity index (χ3n) is 2.09. The first-order valence-corrected chi connectivity index (χ1v) is 5.08. The normalized spacial score (nSPS) is 10.2. The zero-order chi connectivity index (χ0) is 10.7. The van der Waals surface area contributed by atoms with E-state index in [-0.39, 0.29) is 0 Å². The van der Waals surface area contributed by atoms with E-state index in [1.807, 2.05) is 6.07 Å². The third-order valence-corrected chi connectivity index (χ3v) is 2.38. The summed E-state index contributed by atoms with van der Waals surface area (Å²) in [5.74, 6) is 0. The van der Waals surface area contributed by atoms with Gasteiger partial charge in [0.2, 0.25) is 4.77 Å². The van der Waals surface area contributed by atoms with Crippen LogP contribution < -0.4 is 5.43 Å². The fraction of sp³-hybridized carbons (Fsp3) is 0.200. The molecule has 0 radical (unpaired) electrons. The van der Waals surface area contributed by atoms with Gasteiger partial charge in [-0.1, -0.05) is 29.8 Å². The summed E-state index contributed by atoms with van der Waals surface area (Å²) in [6, 6.07) is 8.33. The zero-order valence-electron chi connectivity index (χ0n) is 8.40. The highest BCUT2D eigenvalue weighted by atomic mass is 32.1. The van der Waals surface area contributed by atoms with E-state index in [1.165, 1.54) is 11.1 Å². The summed E-state index contributed by atoms with van der Waals surface area (Å²) in [4.78, 5) is 0. The molecule has 0 aliphatic rings. The molecule has 0 aliphatic carbocycles. The van der Waals surface area contributed by atoms with Gasteiger partial charge in [0.05, 0.1) is 6.54 Å². The summed E-state index contributed by atoms with van der Waals surface area (Å²) in [7, 11) is 0. The molecule has 2 N–H and O–H groups in total. The lowest BCUT2D eigenvalue weighted by molar-refractivity contribution is 0.824. The number of hydrogen-bond donors (Lipinski definition) is 2. The average Bonchev–Trinajstić information content (AvgIpc) is 2.61. The van der Waals surface area contributed by atoms with Gasteiger partial charge < -0.3 is 5.43 Å². The molecule has 1 aromatic carbocycles. The molecule has 0 amide bonds. The van der Waals surface area contributed by atoms with E-state index in [0.717, 1.165) is 6.54 Å². The van der Waals surface area contributed by atoms with E-state index < -0.39 is 0 Å². The van der Waals surface area contributed by atoms with Gasteiger partial charge >= 0.3 is 0 Å². The van der Waals surface area contributed by atoms with Crippen LogP contribution in [0, 0.1) is 11.7 Å². The Hall–Kier alpha value is -1.62. The topological polar surface area (TPSA) is 45.6 Å². The minimum absolute atomic E-state index is 0.572. The summed E-state index contributed by atoms with van der Waals surface area (Å²) in [6.45, 7) is 2.81. The monoisotopic (exact) mass is 220 g/mol. The average molecular weight is 220 g/mol. The molecular weight excluding hydrogens is 208 g/mol. The highest BCUT2D eigenvalue weighted by Crippen LogP contribution is 2.03. The predicted octanol–water partition coefficient (Wildman–Crippen LogP) is 1.99. The minimum atomic E-state index is 0.572. The van der Waals surface area contributed by atoms with Crippen LogP contribution >= 0.6 is 12.2 Å². The Bertz CT molecular complexity index is 500. The molecule has 0 saturated heterocycles. The van der Waals surface area contributed by atoms with E-state index >= 15 is 0 Å². The zero-order valence-corrected chi connectivity index (χ0v) is 9.21. The van der Waals surface area contributed by atoms with Crippen molar-refractivity contribution in [2.75, 3.05) is 5.43 Å². The maximum atomic E-state index is 5.01. The van der Waals surface area contributed by atoms with Crippen molar-refractivity contribution >= 4 is 12.2 Å². The smallest absolute Gasteiger partial charge is 0.214 e. The van der Waals surface area contributed by atoms with Crippen molar-refractivity contribution in [2.45, 2.75) is 13.5 Å². The van der Waals surface area contributed by atoms with Gasteiger partial charge in [-0.25, -0.2) is 4.68 Å². The number of nitrogens with zero attached hydrogens (tertiary/aromatic N) is 2. The molecule has 0 fully saturated rings. The molecule has 78 valence electrons. The van der Waals surface area contributed by atoms with Gasteiger partial charge in [0.1, 0.15) is 6.33 Å². The van der Waals surface area contributed by atoms with Gasteiger partial charge in [-0.05, 0) is 24.7 Å². The fourth-order valence-corrected chi connectivity index (χ4v) is 1.52. The third kappa shape index (κ3) is 2.44. The van der Waals surface area contributed by atoms with Crippen LogP contribution in [0.2, 0.25) is 0 Å². The number of hydrogen-bond acceptors (Lipinski definition) is 3. The van der Waals surface area contributed by atoms with Gasteiger partial charge in [0, 0.05) is 0 Å². The van der Waals surface area contributed by atoms with Crippen LogP contribution in [0.25, 0.3) is 0 Å². The Morgan fingerprint density at radius 2 is 2.40 bits per heavy atom. The molecule has 1 aromatic heterocycles. The van der Waals surface area contributed by atoms with Crippen LogP contribution in [0.1, 0.15) is 11.1 Å².